The van der Waals surface area contributed by atoms with Crippen molar-refractivity contribution in [3.05, 3.63) is 17.2 Å². The number of aliphatic imine (C=N–C) groups is 1. The second-order valence-electron chi connectivity index (χ2n) is 2.24. The Labute approximate surface area is 62.6 Å². The first-order chi connectivity index (χ1) is 5.29. The van der Waals surface area contributed by atoms with E-state index >= 15 is 0 Å². The van der Waals surface area contributed by atoms with Gasteiger partial charge < -0.3 is 5.73 Å². The summed E-state index contributed by atoms with van der Waals surface area (Å²) in [6.07, 6.45) is 4.09. The SMILES string of the molecule is Cn1cnc2c1=N[C+]=NC=2N. The third-order valence-corrected chi connectivity index (χ3v) is 1.47. The molecule has 0 atom stereocenters. The van der Waals surface area contributed by atoms with Crippen LogP contribution in [-0.2, 0) is 7.05 Å². The van der Waals surface area contributed by atoms with E-state index in [2.05, 4.69) is 21.3 Å². The maximum Gasteiger partial charge on any atom is 0.284 e. The van der Waals surface area contributed by atoms with E-state index in [0.717, 1.165) is 0 Å². The molecule has 0 spiro atoms. The summed E-state index contributed by atoms with van der Waals surface area (Å²) in [5.74, 6) is 0.371. The van der Waals surface area contributed by atoms with Crippen molar-refractivity contribution < 1.29 is 0 Å². The molecule has 0 unspecified atom stereocenters. The second-order valence-corrected chi connectivity index (χ2v) is 2.24. The molecule has 0 saturated carbocycles. The third kappa shape index (κ3) is 0.716. The topological polar surface area (TPSA) is 68.6 Å². The lowest BCUT2D eigenvalue weighted by atomic mass is 10.5. The molecule has 2 N–H and O–H groups in total. The molecule has 1 aliphatic rings. The summed E-state index contributed by atoms with van der Waals surface area (Å²) >= 11 is 0. The van der Waals surface area contributed by atoms with E-state index in [4.69, 9.17) is 5.73 Å². The average molecular weight is 148 g/mol. The zero-order chi connectivity index (χ0) is 7.84. The first-order valence-corrected chi connectivity index (χ1v) is 3.09. The van der Waals surface area contributed by atoms with E-state index in [-0.39, 0.29) is 0 Å². The van der Waals surface area contributed by atoms with Crippen LogP contribution in [0.25, 0.3) is 5.82 Å². The lowest BCUT2D eigenvalue weighted by Crippen LogP contribution is -2.34. The number of imidazole rings is 1. The number of nitrogens with two attached hydrogens (primary N) is 1. The van der Waals surface area contributed by atoms with Gasteiger partial charge in [-0.15, -0.1) is 0 Å². The van der Waals surface area contributed by atoms with E-state index in [0.29, 0.717) is 16.7 Å². The molecule has 2 heterocycles. The molecule has 0 radical (unpaired) electrons. The zero-order valence-corrected chi connectivity index (χ0v) is 5.94. The molecule has 54 valence electrons. The number of rotatable bonds is 0. The third-order valence-electron chi connectivity index (χ3n) is 1.47. The highest BCUT2D eigenvalue weighted by Crippen LogP contribution is 1.82. The fourth-order valence-electron chi connectivity index (χ4n) is 0.915. The zero-order valence-electron chi connectivity index (χ0n) is 5.94. The van der Waals surface area contributed by atoms with Gasteiger partial charge in [-0.2, -0.15) is 0 Å². The Kier molecular flexibility index (Phi) is 1.02. The van der Waals surface area contributed by atoms with Crippen LogP contribution in [0.2, 0.25) is 0 Å². The molecule has 1 aromatic heterocycles. The van der Waals surface area contributed by atoms with Crippen LogP contribution in [0.4, 0.5) is 0 Å². The van der Waals surface area contributed by atoms with Crippen molar-refractivity contribution in [3.8, 4) is 0 Å². The Morgan fingerprint density at radius 2 is 2.45 bits per heavy atom. The van der Waals surface area contributed by atoms with E-state index in [1.54, 1.807) is 10.9 Å². The number of hydrogen-bond donors (Lipinski definition) is 1. The standard InChI is InChI=1S/C6H6N5/c1-11-3-10-4-5(7)8-2-9-6(4)11/h3H,1H3,(H2,7,8,9)/q+1. The molecule has 0 aromatic carbocycles. The van der Waals surface area contributed by atoms with Crippen molar-refractivity contribution in [1.29, 1.82) is 0 Å². The quantitative estimate of drug-likeness (QED) is 0.432. The summed E-state index contributed by atoms with van der Waals surface area (Å²) in [5, 5.41) is 0.631. The summed E-state index contributed by atoms with van der Waals surface area (Å²) < 4.78 is 1.77. The summed E-state index contributed by atoms with van der Waals surface area (Å²) in [4.78, 5) is 11.6. The van der Waals surface area contributed by atoms with Crippen LogP contribution in [0.3, 0.4) is 0 Å². The van der Waals surface area contributed by atoms with E-state index in [1.165, 1.54) is 0 Å². The largest absolute Gasteiger partial charge is 0.329 e. The predicted octanol–water partition coefficient (Wildman–Crippen LogP) is -2.02. The van der Waals surface area contributed by atoms with Crippen LogP contribution in [0.15, 0.2) is 16.3 Å². The van der Waals surface area contributed by atoms with Crippen molar-refractivity contribution in [2.75, 3.05) is 0 Å². The summed E-state index contributed by atoms with van der Waals surface area (Å²) in [6.45, 7) is 0. The van der Waals surface area contributed by atoms with Gasteiger partial charge in [-0.05, 0) is 9.98 Å². The number of nitrogens with zero attached hydrogens (tertiary/aromatic N) is 4. The van der Waals surface area contributed by atoms with Gasteiger partial charge in [-0.1, -0.05) is 0 Å². The van der Waals surface area contributed by atoms with Gasteiger partial charge in [-0.3, -0.25) is 4.57 Å². The van der Waals surface area contributed by atoms with Gasteiger partial charge in [0.15, 0.2) is 0 Å². The van der Waals surface area contributed by atoms with Gasteiger partial charge in [-0.25, -0.2) is 4.98 Å². The minimum absolute atomic E-state index is 0.371. The number of fused-ring (bicyclic) bond motifs is 1. The van der Waals surface area contributed by atoms with Gasteiger partial charge in [0.05, 0.1) is 0 Å². The summed E-state index contributed by atoms with van der Waals surface area (Å²) in [5.41, 5.74) is 6.22. The van der Waals surface area contributed by atoms with Gasteiger partial charge in [0.2, 0.25) is 0 Å². The Balaban J connectivity index is 3.00. The fourth-order valence-corrected chi connectivity index (χ4v) is 0.915. The van der Waals surface area contributed by atoms with Gasteiger partial charge in [0, 0.05) is 7.05 Å². The monoisotopic (exact) mass is 148 g/mol. The maximum atomic E-state index is 5.51. The van der Waals surface area contributed by atoms with Crippen LogP contribution in [0.5, 0.6) is 0 Å². The van der Waals surface area contributed by atoms with Crippen molar-refractivity contribution in [2.24, 2.45) is 22.8 Å². The number of aromatic nitrogens is 2. The predicted molar refractivity (Wildman–Crippen MR) is 39.0 cm³/mol. The van der Waals surface area contributed by atoms with Crippen LogP contribution in [0, 0.1) is 0 Å². The minimum atomic E-state index is 0.371. The fraction of sp³-hybridized carbons (Fsp3) is 0.167. The van der Waals surface area contributed by atoms with E-state index < -0.39 is 0 Å². The smallest absolute Gasteiger partial charge is 0.284 e. The molecule has 0 bridgehead atoms. The highest BCUT2D eigenvalue weighted by molar-refractivity contribution is 5.64. The number of aryl methyl sites for hydroxylation is 1. The van der Waals surface area contributed by atoms with Gasteiger partial charge in [0.1, 0.15) is 6.33 Å². The van der Waals surface area contributed by atoms with Gasteiger partial charge in [0.25, 0.3) is 23.0 Å². The molecule has 5 heteroatoms. The average Bonchev–Trinajstić information content (AvgIpc) is 2.35. The summed E-state index contributed by atoms with van der Waals surface area (Å²) in [7, 11) is 1.84. The maximum absolute atomic E-state index is 5.51. The van der Waals surface area contributed by atoms with Crippen LogP contribution < -0.4 is 16.6 Å². The molecule has 11 heavy (non-hydrogen) atoms. The highest BCUT2D eigenvalue weighted by Gasteiger charge is 2.11. The van der Waals surface area contributed by atoms with Crippen molar-refractivity contribution >= 4 is 12.2 Å². The lowest BCUT2D eigenvalue weighted by molar-refractivity contribution is 0.854. The number of hydrogen-bond acceptors (Lipinski definition) is 4. The minimum Gasteiger partial charge on any atom is -0.329 e. The molecule has 1 aliphatic heterocycles. The normalized spacial score (nSPS) is 13.7. The molecule has 5 nitrogen and oxygen atoms in total. The molecule has 2 rings (SSSR count). The van der Waals surface area contributed by atoms with Crippen LogP contribution >= 0.6 is 0 Å². The second kappa shape index (κ2) is 1.87. The highest BCUT2D eigenvalue weighted by atomic mass is 15.1. The molecule has 0 amide bonds. The van der Waals surface area contributed by atoms with E-state index in [1.807, 2.05) is 7.05 Å². The molecular formula is C6H6N5+. The summed E-state index contributed by atoms with van der Waals surface area (Å²) in [6, 6.07) is 0. The van der Waals surface area contributed by atoms with Crippen LogP contribution in [0.1, 0.15) is 0 Å². The Hall–Kier alpha value is -1.74. The lowest BCUT2D eigenvalue weighted by Gasteiger charge is -1.81. The first-order valence-electron chi connectivity index (χ1n) is 3.09. The molecule has 1 aromatic rings. The van der Waals surface area contributed by atoms with Crippen molar-refractivity contribution in [3.63, 3.8) is 0 Å². The first kappa shape index (κ1) is 6.00. The van der Waals surface area contributed by atoms with Crippen molar-refractivity contribution in [1.82, 2.24) is 9.55 Å². The van der Waals surface area contributed by atoms with E-state index in [9.17, 15) is 0 Å². The molecular weight excluding hydrogens is 142 g/mol. The van der Waals surface area contributed by atoms with Crippen LogP contribution in [-0.4, -0.2) is 15.9 Å². The van der Waals surface area contributed by atoms with Gasteiger partial charge >= 0.3 is 0 Å². The molecule has 0 fully saturated rings. The Morgan fingerprint density at radius 1 is 1.64 bits per heavy atom. The Bertz CT molecular complexity index is 424. The van der Waals surface area contributed by atoms with Crippen molar-refractivity contribution in [2.45, 2.75) is 0 Å². The molecule has 0 saturated heterocycles. The molecule has 0 aliphatic carbocycles. The Morgan fingerprint density at radius 3 is 3.18 bits per heavy atom.